The quantitative estimate of drug-likeness (QED) is 0.350. The third-order valence-corrected chi connectivity index (χ3v) is 3.67. The highest BCUT2D eigenvalue weighted by atomic mass is 16.7. The van der Waals surface area contributed by atoms with Crippen molar-refractivity contribution in [2.45, 2.75) is 13.2 Å². The molecule has 2 heterocycles. The molecule has 0 spiro atoms. The molecule has 0 N–H and O–H groups in total. The molecule has 1 atom stereocenters. The van der Waals surface area contributed by atoms with Crippen molar-refractivity contribution >= 4 is 23.8 Å². The first-order valence-electron chi connectivity index (χ1n) is 7.25. The number of esters is 2. The average Bonchev–Trinajstić information content (AvgIpc) is 3.06. The summed E-state index contributed by atoms with van der Waals surface area (Å²) in [7, 11) is 1.11. The number of imide groups is 1. The minimum atomic E-state index is -1.05. The van der Waals surface area contributed by atoms with E-state index in [1.54, 1.807) is 19.1 Å². The van der Waals surface area contributed by atoms with Crippen molar-refractivity contribution in [3.8, 4) is 0 Å². The first kappa shape index (κ1) is 16.4. The van der Waals surface area contributed by atoms with Crippen LogP contribution < -0.4 is 0 Å². The van der Waals surface area contributed by atoms with Gasteiger partial charge >= 0.3 is 11.9 Å². The van der Waals surface area contributed by atoms with Gasteiger partial charge in [0.05, 0.1) is 18.2 Å². The van der Waals surface area contributed by atoms with Gasteiger partial charge in [-0.3, -0.25) is 9.59 Å². The summed E-state index contributed by atoms with van der Waals surface area (Å²) in [6.45, 7) is 1.54. The van der Waals surface area contributed by atoms with E-state index in [0.29, 0.717) is 10.5 Å². The average molecular weight is 343 g/mol. The van der Waals surface area contributed by atoms with Crippen molar-refractivity contribution in [1.29, 1.82) is 0 Å². The van der Waals surface area contributed by atoms with E-state index in [2.05, 4.69) is 4.74 Å². The number of benzene rings is 1. The van der Waals surface area contributed by atoms with Gasteiger partial charge in [0.1, 0.15) is 6.26 Å². The molecule has 0 aromatic heterocycles. The normalized spacial score (nSPS) is 19.5. The summed E-state index contributed by atoms with van der Waals surface area (Å²) in [5.74, 6) is -2.84. The van der Waals surface area contributed by atoms with Crippen LogP contribution in [0.15, 0.2) is 47.9 Å². The molecule has 0 radical (unpaired) electrons. The Hall–Kier alpha value is -3.42. The van der Waals surface area contributed by atoms with Gasteiger partial charge < -0.3 is 14.2 Å². The highest BCUT2D eigenvalue weighted by molar-refractivity contribution is 6.24. The zero-order valence-electron chi connectivity index (χ0n) is 13.3. The molecule has 1 aromatic rings. The lowest BCUT2D eigenvalue weighted by molar-refractivity contribution is -0.152. The molecule has 0 aliphatic carbocycles. The van der Waals surface area contributed by atoms with E-state index in [-0.39, 0.29) is 11.1 Å². The fourth-order valence-electron chi connectivity index (χ4n) is 2.41. The molecule has 0 fully saturated rings. The highest BCUT2D eigenvalue weighted by Crippen LogP contribution is 2.27. The number of fused-ring (bicyclic) bond motifs is 1. The summed E-state index contributed by atoms with van der Waals surface area (Å²) in [4.78, 5) is 49.0. The molecule has 2 aliphatic rings. The number of hydrogen-bond donors (Lipinski definition) is 0. The Bertz CT molecular complexity index is 817. The zero-order valence-corrected chi connectivity index (χ0v) is 13.3. The summed E-state index contributed by atoms with van der Waals surface area (Å²) in [5.41, 5.74) is 0.275. The SMILES string of the molecule is COC(=O)C(=COC1C=C(C)C(=O)O1)N1C(=O)c2ccccc2C1=O. The highest BCUT2D eigenvalue weighted by Gasteiger charge is 2.40. The number of nitrogens with zero attached hydrogens (tertiary/aromatic N) is 1. The van der Waals surface area contributed by atoms with Crippen LogP contribution in [0.2, 0.25) is 0 Å². The van der Waals surface area contributed by atoms with Crippen molar-refractivity contribution in [1.82, 2.24) is 4.90 Å². The topological polar surface area (TPSA) is 99.2 Å². The molecule has 2 amide bonds. The summed E-state index contributed by atoms with van der Waals surface area (Å²) < 4.78 is 14.7. The standard InChI is InChI=1S/C17H13NO7/c1-9-7-13(25-16(9)21)24-8-12(17(22)23-2)18-14(19)10-5-3-4-6-11(10)15(18)20/h3-8,13H,1-2H3. The van der Waals surface area contributed by atoms with Crippen LogP contribution in [0.3, 0.4) is 0 Å². The molecule has 1 unspecified atom stereocenters. The first-order chi connectivity index (χ1) is 11.9. The molecule has 8 heteroatoms. The van der Waals surface area contributed by atoms with E-state index in [0.717, 1.165) is 13.4 Å². The van der Waals surface area contributed by atoms with Crippen LogP contribution in [0.1, 0.15) is 27.6 Å². The number of carbonyl (C=O) groups is 4. The summed E-state index contributed by atoms with van der Waals surface area (Å²) >= 11 is 0. The lowest BCUT2D eigenvalue weighted by atomic mass is 10.1. The summed E-state index contributed by atoms with van der Waals surface area (Å²) in [6.07, 6.45) is 1.22. The van der Waals surface area contributed by atoms with Crippen LogP contribution in [-0.4, -0.2) is 42.1 Å². The molecule has 1 aromatic carbocycles. The molecule has 128 valence electrons. The number of amides is 2. The van der Waals surface area contributed by atoms with Gasteiger partial charge in [0.15, 0.2) is 5.70 Å². The molecule has 2 aliphatic heterocycles. The number of methoxy groups -OCH3 is 1. The third kappa shape index (κ3) is 2.78. The fourth-order valence-corrected chi connectivity index (χ4v) is 2.41. The van der Waals surface area contributed by atoms with Gasteiger partial charge in [0, 0.05) is 11.6 Å². The Kier molecular flexibility index (Phi) is 4.10. The van der Waals surface area contributed by atoms with E-state index < -0.39 is 35.7 Å². The van der Waals surface area contributed by atoms with Crippen LogP contribution in [0, 0.1) is 0 Å². The zero-order chi connectivity index (χ0) is 18.1. The Morgan fingerprint density at radius 2 is 1.76 bits per heavy atom. The summed E-state index contributed by atoms with van der Waals surface area (Å²) in [6, 6.07) is 6.18. The van der Waals surface area contributed by atoms with Crippen LogP contribution in [-0.2, 0) is 23.8 Å². The van der Waals surface area contributed by atoms with Gasteiger partial charge in [-0.1, -0.05) is 12.1 Å². The molecule has 3 rings (SSSR count). The second-order valence-corrected chi connectivity index (χ2v) is 5.25. The van der Waals surface area contributed by atoms with Gasteiger partial charge in [-0.15, -0.1) is 0 Å². The Labute approximate surface area is 142 Å². The van der Waals surface area contributed by atoms with Crippen molar-refractivity contribution in [3.05, 3.63) is 59.0 Å². The Balaban J connectivity index is 1.91. The van der Waals surface area contributed by atoms with Crippen LogP contribution in [0.5, 0.6) is 0 Å². The van der Waals surface area contributed by atoms with Crippen LogP contribution >= 0.6 is 0 Å². The van der Waals surface area contributed by atoms with Gasteiger partial charge in [-0.05, 0) is 19.1 Å². The number of cyclic esters (lactones) is 1. The maximum atomic E-state index is 12.5. The maximum Gasteiger partial charge on any atom is 0.358 e. The van der Waals surface area contributed by atoms with Crippen molar-refractivity contribution in [3.63, 3.8) is 0 Å². The minimum absolute atomic E-state index is 0.172. The van der Waals surface area contributed by atoms with Gasteiger partial charge in [0.25, 0.3) is 18.1 Å². The number of rotatable bonds is 4. The molecule has 8 nitrogen and oxygen atoms in total. The third-order valence-electron chi connectivity index (χ3n) is 3.67. The molecule has 0 bridgehead atoms. The Morgan fingerprint density at radius 3 is 2.24 bits per heavy atom. The fraction of sp³-hybridized carbons (Fsp3) is 0.176. The summed E-state index contributed by atoms with van der Waals surface area (Å²) in [5, 5.41) is 0. The Morgan fingerprint density at radius 1 is 1.16 bits per heavy atom. The maximum absolute atomic E-state index is 12.5. The van der Waals surface area contributed by atoms with Crippen LogP contribution in [0.25, 0.3) is 0 Å². The first-order valence-corrected chi connectivity index (χ1v) is 7.25. The largest absolute Gasteiger partial charge is 0.464 e. The molecule has 0 saturated carbocycles. The lowest BCUT2D eigenvalue weighted by Crippen LogP contribution is -2.34. The van der Waals surface area contributed by atoms with Crippen LogP contribution in [0.4, 0.5) is 0 Å². The predicted molar refractivity (Wildman–Crippen MR) is 81.8 cm³/mol. The molecular formula is C17H13NO7. The van der Waals surface area contributed by atoms with Crippen molar-refractivity contribution in [2.75, 3.05) is 7.11 Å². The van der Waals surface area contributed by atoms with E-state index >= 15 is 0 Å². The number of ether oxygens (including phenoxy) is 3. The smallest absolute Gasteiger partial charge is 0.358 e. The second-order valence-electron chi connectivity index (χ2n) is 5.25. The van der Waals surface area contributed by atoms with E-state index in [1.807, 2.05) is 0 Å². The van der Waals surface area contributed by atoms with E-state index in [9.17, 15) is 19.2 Å². The van der Waals surface area contributed by atoms with Gasteiger partial charge in [-0.25, -0.2) is 14.5 Å². The van der Waals surface area contributed by atoms with Gasteiger partial charge in [0.2, 0.25) is 0 Å². The van der Waals surface area contributed by atoms with Crippen molar-refractivity contribution in [2.24, 2.45) is 0 Å². The number of hydrogen-bond acceptors (Lipinski definition) is 7. The lowest BCUT2D eigenvalue weighted by Gasteiger charge is -2.16. The van der Waals surface area contributed by atoms with E-state index in [4.69, 9.17) is 9.47 Å². The monoisotopic (exact) mass is 343 g/mol. The predicted octanol–water partition coefficient (Wildman–Crippen LogP) is 1.14. The molecular weight excluding hydrogens is 330 g/mol. The van der Waals surface area contributed by atoms with Crippen molar-refractivity contribution < 1.29 is 33.4 Å². The second kappa shape index (κ2) is 6.23. The molecule has 0 saturated heterocycles. The van der Waals surface area contributed by atoms with Gasteiger partial charge in [-0.2, -0.15) is 0 Å². The minimum Gasteiger partial charge on any atom is -0.464 e. The molecule has 25 heavy (non-hydrogen) atoms. The van der Waals surface area contributed by atoms with E-state index in [1.165, 1.54) is 18.2 Å². The number of carbonyl (C=O) groups excluding carboxylic acids is 4.